The minimum absolute atomic E-state index is 0.0160. The Balaban J connectivity index is 1.15. The molecule has 37 heavy (non-hydrogen) atoms. The molecule has 8 rings (SSSR count). The molecule has 3 heterocycles. The number of fused-ring (bicyclic) bond motifs is 3. The summed E-state index contributed by atoms with van der Waals surface area (Å²) in [5, 5.41) is 19.9. The quantitative estimate of drug-likeness (QED) is 0.564. The smallest absolute Gasteiger partial charge is 0.287 e. The van der Waals surface area contributed by atoms with Crippen LogP contribution in [0.1, 0.15) is 74.4 Å². The van der Waals surface area contributed by atoms with Gasteiger partial charge >= 0.3 is 0 Å². The molecule has 0 radical (unpaired) electrons. The molecule has 2 aromatic rings. The summed E-state index contributed by atoms with van der Waals surface area (Å²) in [5.74, 6) is 0.444. The number of ketones is 1. The fourth-order valence-corrected chi connectivity index (χ4v) is 8.41. The molecule has 2 aromatic heterocycles. The molecule has 6 aliphatic rings. The van der Waals surface area contributed by atoms with E-state index in [9.17, 15) is 14.7 Å². The zero-order chi connectivity index (χ0) is 25.1. The van der Waals surface area contributed by atoms with Crippen LogP contribution in [-0.2, 0) is 22.4 Å². The molecule has 5 fully saturated rings. The molecule has 8 heteroatoms. The summed E-state index contributed by atoms with van der Waals surface area (Å²) < 4.78 is 2.18. The molecule has 5 atom stereocenters. The van der Waals surface area contributed by atoms with Crippen LogP contribution in [0.25, 0.3) is 17.0 Å². The highest BCUT2D eigenvalue weighted by molar-refractivity contribution is 6.36. The summed E-state index contributed by atoms with van der Waals surface area (Å²) >= 11 is 0. The second-order valence-electron chi connectivity index (χ2n) is 12.3. The lowest BCUT2D eigenvalue weighted by Gasteiger charge is -2.58. The average Bonchev–Trinajstić information content (AvgIpc) is 3.48. The van der Waals surface area contributed by atoms with Gasteiger partial charge in [-0.25, -0.2) is 0 Å². The molecule has 5 aliphatic carbocycles. The number of aromatic nitrogens is 3. The highest BCUT2D eigenvalue weighted by atomic mass is 16.3. The number of carbonyl (C=O) groups is 2. The summed E-state index contributed by atoms with van der Waals surface area (Å²) in [6, 6.07) is 0.224. The number of nitrogens with one attached hydrogen (secondary N) is 1. The standard InChI is InChI=1S/C29H37N5O3/c35-25(28(36)30-7-10-33-8-2-1-3-9-33)13-24-22-17-31-23-6-4-5-21(23)27(22)34(32-24)26-19-11-18-12-20(26)16-29(37,14-18)15-19/h4-5,17-20,26,37H,1-3,6-16H2,(H,30,36)/t18?,19-,20+,26?,29?. The van der Waals surface area contributed by atoms with E-state index < -0.39 is 17.3 Å². The van der Waals surface area contributed by atoms with Crippen molar-refractivity contribution in [2.45, 2.75) is 75.9 Å². The Morgan fingerprint density at radius 3 is 2.65 bits per heavy atom. The van der Waals surface area contributed by atoms with Gasteiger partial charge in [0.25, 0.3) is 5.91 Å². The van der Waals surface area contributed by atoms with Crippen molar-refractivity contribution < 1.29 is 14.7 Å². The fourth-order valence-electron chi connectivity index (χ4n) is 8.41. The van der Waals surface area contributed by atoms with E-state index in [4.69, 9.17) is 5.10 Å². The van der Waals surface area contributed by atoms with E-state index in [1.54, 1.807) is 0 Å². The SMILES string of the molecule is O=C(Cc1nn(C2[C@@H]3CC4C[C@H]2CC(O)(C4)C3)c2c3c(ncc12)CC=C3)C(=O)NCCN1CCCCC1. The third-order valence-corrected chi connectivity index (χ3v) is 9.75. The van der Waals surface area contributed by atoms with E-state index >= 15 is 0 Å². The fraction of sp³-hybridized carbons (Fsp3) is 0.655. The first kappa shape index (κ1) is 23.5. The molecule has 1 saturated heterocycles. The summed E-state index contributed by atoms with van der Waals surface area (Å²) in [6.45, 7) is 3.42. The summed E-state index contributed by atoms with van der Waals surface area (Å²) in [5.41, 5.74) is 3.34. The van der Waals surface area contributed by atoms with Crippen LogP contribution in [0.3, 0.4) is 0 Å². The number of hydrogen-bond donors (Lipinski definition) is 2. The number of Topliss-reactive ketones (excluding diaryl/α,β-unsaturated/α-hetero) is 1. The van der Waals surface area contributed by atoms with Crippen LogP contribution in [0.2, 0.25) is 0 Å². The molecule has 4 bridgehead atoms. The number of hydrogen-bond acceptors (Lipinski definition) is 6. The minimum Gasteiger partial charge on any atom is -0.390 e. The number of nitrogens with zero attached hydrogens (tertiary/aromatic N) is 4. The molecule has 2 N–H and O–H groups in total. The summed E-state index contributed by atoms with van der Waals surface area (Å²) in [4.78, 5) is 32.7. The van der Waals surface area contributed by atoms with E-state index in [-0.39, 0.29) is 12.5 Å². The van der Waals surface area contributed by atoms with Gasteiger partial charge in [0.2, 0.25) is 5.78 Å². The van der Waals surface area contributed by atoms with Gasteiger partial charge in [-0.05, 0) is 75.8 Å². The lowest BCUT2D eigenvalue weighted by Crippen LogP contribution is -2.55. The predicted octanol–water partition coefficient (Wildman–Crippen LogP) is 2.83. The van der Waals surface area contributed by atoms with Crippen LogP contribution in [-0.4, -0.2) is 68.2 Å². The Bertz CT molecular complexity index is 1260. The van der Waals surface area contributed by atoms with Crippen LogP contribution in [0.4, 0.5) is 0 Å². The Labute approximate surface area is 217 Å². The van der Waals surface area contributed by atoms with Crippen molar-refractivity contribution in [3.63, 3.8) is 0 Å². The van der Waals surface area contributed by atoms with Crippen LogP contribution in [0.15, 0.2) is 12.3 Å². The Hall–Kier alpha value is -2.58. The molecule has 0 spiro atoms. The van der Waals surface area contributed by atoms with Crippen LogP contribution < -0.4 is 5.32 Å². The predicted molar refractivity (Wildman–Crippen MR) is 140 cm³/mol. The van der Waals surface area contributed by atoms with Crippen molar-refractivity contribution in [1.82, 2.24) is 25.0 Å². The van der Waals surface area contributed by atoms with Crippen molar-refractivity contribution >= 4 is 28.7 Å². The number of allylic oxidation sites excluding steroid dienone is 1. The number of likely N-dealkylation sites (tertiary alicyclic amines) is 1. The third kappa shape index (κ3) is 4.13. The first-order chi connectivity index (χ1) is 18.0. The molecule has 0 aromatic carbocycles. The number of aliphatic hydroxyl groups is 1. The van der Waals surface area contributed by atoms with E-state index in [2.05, 4.69) is 32.0 Å². The normalized spacial score (nSPS) is 32.2. The summed E-state index contributed by atoms with van der Waals surface area (Å²) in [6.07, 6.45) is 15.5. The monoisotopic (exact) mass is 503 g/mol. The maximum absolute atomic E-state index is 13.0. The minimum atomic E-state index is -0.523. The van der Waals surface area contributed by atoms with Gasteiger partial charge in [-0.2, -0.15) is 5.10 Å². The number of carbonyl (C=O) groups excluding carboxylic acids is 2. The molecular weight excluding hydrogens is 466 g/mol. The van der Waals surface area contributed by atoms with Gasteiger partial charge in [-0.1, -0.05) is 18.6 Å². The Kier molecular flexibility index (Phi) is 5.73. The molecule has 8 nitrogen and oxygen atoms in total. The van der Waals surface area contributed by atoms with Crippen molar-refractivity contribution in [3.05, 3.63) is 29.2 Å². The van der Waals surface area contributed by atoms with Gasteiger partial charge in [0, 0.05) is 36.7 Å². The van der Waals surface area contributed by atoms with E-state index in [1.165, 1.54) is 19.3 Å². The highest BCUT2D eigenvalue weighted by Crippen LogP contribution is 2.60. The van der Waals surface area contributed by atoms with E-state index in [0.717, 1.165) is 80.3 Å². The number of amides is 1. The van der Waals surface area contributed by atoms with E-state index in [1.807, 2.05) is 6.20 Å². The van der Waals surface area contributed by atoms with Crippen LogP contribution in [0, 0.1) is 17.8 Å². The lowest BCUT2D eigenvalue weighted by molar-refractivity contribution is -0.148. The number of rotatable bonds is 7. The lowest BCUT2D eigenvalue weighted by atomic mass is 9.52. The van der Waals surface area contributed by atoms with Crippen molar-refractivity contribution in [3.8, 4) is 0 Å². The largest absolute Gasteiger partial charge is 0.390 e. The molecule has 1 aliphatic heterocycles. The first-order valence-corrected chi connectivity index (χ1v) is 14.3. The molecule has 196 valence electrons. The van der Waals surface area contributed by atoms with Gasteiger partial charge in [-0.3, -0.25) is 19.3 Å². The average molecular weight is 504 g/mol. The highest BCUT2D eigenvalue weighted by Gasteiger charge is 2.56. The molecule has 4 saturated carbocycles. The maximum atomic E-state index is 13.0. The van der Waals surface area contributed by atoms with Crippen molar-refractivity contribution in [2.24, 2.45) is 17.8 Å². The van der Waals surface area contributed by atoms with Crippen molar-refractivity contribution in [1.29, 1.82) is 0 Å². The third-order valence-electron chi connectivity index (χ3n) is 9.75. The number of pyridine rings is 1. The second-order valence-corrected chi connectivity index (χ2v) is 12.3. The molecule has 1 amide bonds. The summed E-state index contributed by atoms with van der Waals surface area (Å²) in [7, 11) is 0. The topological polar surface area (TPSA) is 100 Å². The first-order valence-electron chi connectivity index (χ1n) is 14.3. The zero-order valence-corrected chi connectivity index (χ0v) is 21.5. The van der Waals surface area contributed by atoms with Crippen LogP contribution >= 0.6 is 0 Å². The van der Waals surface area contributed by atoms with Gasteiger partial charge in [-0.15, -0.1) is 0 Å². The van der Waals surface area contributed by atoms with Gasteiger partial charge in [0.1, 0.15) is 0 Å². The Morgan fingerprint density at radius 1 is 1.11 bits per heavy atom. The molecular formula is C29H37N5O3. The van der Waals surface area contributed by atoms with Gasteiger partial charge in [0.15, 0.2) is 0 Å². The van der Waals surface area contributed by atoms with Crippen LogP contribution in [0.5, 0.6) is 0 Å². The zero-order valence-electron chi connectivity index (χ0n) is 21.5. The Morgan fingerprint density at radius 2 is 1.89 bits per heavy atom. The van der Waals surface area contributed by atoms with E-state index in [0.29, 0.717) is 30.0 Å². The van der Waals surface area contributed by atoms with Gasteiger partial charge in [0.05, 0.1) is 35.0 Å². The van der Waals surface area contributed by atoms with Gasteiger partial charge < -0.3 is 15.3 Å². The second kappa shape index (κ2) is 9.02. The number of piperidine rings is 1. The maximum Gasteiger partial charge on any atom is 0.287 e. The van der Waals surface area contributed by atoms with Crippen molar-refractivity contribution in [2.75, 3.05) is 26.2 Å². The molecule has 3 unspecified atom stereocenters.